The number of carbonyl (C=O) groups is 2. The summed E-state index contributed by atoms with van der Waals surface area (Å²) in [5, 5.41) is 6.03. The number of amides is 2. The molecule has 0 unspecified atom stereocenters. The van der Waals surface area contributed by atoms with Crippen LogP contribution < -0.4 is 15.4 Å². The number of nitrogens with zero attached hydrogens (tertiary/aromatic N) is 1. The normalized spacial score (nSPS) is 14.2. The third-order valence-corrected chi connectivity index (χ3v) is 5.44. The number of aryl methyl sites for hydroxylation is 1. The fraction of sp³-hybridized carbons (Fsp3) is 0.421. The van der Waals surface area contributed by atoms with Gasteiger partial charge < -0.3 is 15.4 Å². The van der Waals surface area contributed by atoms with Gasteiger partial charge in [0.15, 0.2) is 5.13 Å². The zero-order valence-corrected chi connectivity index (χ0v) is 15.8. The molecule has 0 radical (unpaired) electrons. The summed E-state index contributed by atoms with van der Waals surface area (Å²) >= 11 is 1.42. The van der Waals surface area contributed by atoms with E-state index in [4.69, 9.17) is 4.74 Å². The van der Waals surface area contributed by atoms with Crippen molar-refractivity contribution in [3.05, 3.63) is 29.1 Å². The highest BCUT2D eigenvalue weighted by Crippen LogP contribution is 2.31. The second kappa shape index (κ2) is 8.31. The monoisotopic (exact) mass is 373 g/mol. The number of aromatic nitrogens is 1. The molecule has 7 heteroatoms. The fourth-order valence-corrected chi connectivity index (χ4v) is 3.98. The van der Waals surface area contributed by atoms with Crippen LogP contribution in [-0.4, -0.2) is 30.5 Å². The van der Waals surface area contributed by atoms with Gasteiger partial charge in [-0.25, -0.2) is 4.98 Å². The number of benzene rings is 1. The molecule has 2 N–H and O–H groups in total. The smallest absolute Gasteiger partial charge is 0.245 e. The fourth-order valence-electron chi connectivity index (χ4n) is 3.13. The van der Waals surface area contributed by atoms with Crippen molar-refractivity contribution in [3.63, 3.8) is 0 Å². The number of hydrogen-bond donors (Lipinski definition) is 2. The number of carbonyl (C=O) groups excluding carboxylic acids is 2. The Labute approximate surface area is 157 Å². The molecule has 1 aromatic carbocycles. The molecule has 2 aromatic rings. The van der Waals surface area contributed by atoms with Crippen LogP contribution in [0.3, 0.4) is 0 Å². The van der Waals surface area contributed by atoms with E-state index in [-0.39, 0.29) is 24.3 Å². The first-order valence-electron chi connectivity index (χ1n) is 8.76. The maximum atomic E-state index is 12.1. The molecule has 0 aliphatic heterocycles. The quantitative estimate of drug-likeness (QED) is 0.813. The minimum Gasteiger partial charge on any atom is -0.497 e. The number of ether oxygens (including phenoxy) is 1. The number of thiazole rings is 1. The summed E-state index contributed by atoms with van der Waals surface area (Å²) in [4.78, 5) is 29.6. The molecule has 26 heavy (non-hydrogen) atoms. The van der Waals surface area contributed by atoms with E-state index in [0.29, 0.717) is 5.13 Å². The Morgan fingerprint density at radius 1 is 1.23 bits per heavy atom. The summed E-state index contributed by atoms with van der Waals surface area (Å²) in [7, 11) is 1.63. The predicted octanol–water partition coefficient (Wildman–Crippen LogP) is 3.37. The largest absolute Gasteiger partial charge is 0.497 e. The van der Waals surface area contributed by atoms with Crippen LogP contribution in [0, 0.1) is 12.8 Å². The Balaban J connectivity index is 1.57. The van der Waals surface area contributed by atoms with E-state index >= 15 is 0 Å². The lowest BCUT2D eigenvalue weighted by Crippen LogP contribution is -2.36. The van der Waals surface area contributed by atoms with Crippen LogP contribution >= 0.6 is 11.3 Å². The SMILES string of the molecule is COc1ccc(-c2nc(NC(=O)CNC(=O)C3CCCC3)sc2C)cc1. The van der Waals surface area contributed by atoms with Gasteiger partial charge in [0.1, 0.15) is 5.75 Å². The average Bonchev–Trinajstić information content (AvgIpc) is 3.30. The lowest BCUT2D eigenvalue weighted by Gasteiger charge is -2.09. The van der Waals surface area contributed by atoms with Gasteiger partial charge in [0.25, 0.3) is 0 Å². The highest BCUT2D eigenvalue weighted by atomic mass is 32.1. The third kappa shape index (κ3) is 4.40. The summed E-state index contributed by atoms with van der Waals surface area (Å²) in [5.74, 6) is 0.568. The molecule has 3 rings (SSSR count). The van der Waals surface area contributed by atoms with Gasteiger partial charge in [-0.15, -0.1) is 11.3 Å². The van der Waals surface area contributed by atoms with Crippen molar-refractivity contribution < 1.29 is 14.3 Å². The van der Waals surface area contributed by atoms with Gasteiger partial charge in [-0.1, -0.05) is 12.8 Å². The molecule has 1 aliphatic rings. The molecule has 0 saturated heterocycles. The van der Waals surface area contributed by atoms with Crippen molar-refractivity contribution >= 4 is 28.3 Å². The van der Waals surface area contributed by atoms with Gasteiger partial charge in [0, 0.05) is 16.4 Å². The van der Waals surface area contributed by atoms with Gasteiger partial charge in [-0.05, 0) is 44.0 Å². The van der Waals surface area contributed by atoms with Crippen molar-refractivity contribution in [2.45, 2.75) is 32.6 Å². The first-order valence-corrected chi connectivity index (χ1v) is 9.58. The molecule has 1 aliphatic carbocycles. The van der Waals surface area contributed by atoms with Gasteiger partial charge in [0.2, 0.25) is 11.8 Å². The number of methoxy groups -OCH3 is 1. The highest BCUT2D eigenvalue weighted by molar-refractivity contribution is 7.16. The van der Waals surface area contributed by atoms with Crippen LogP contribution in [0.1, 0.15) is 30.6 Å². The second-order valence-electron chi connectivity index (χ2n) is 6.40. The number of nitrogens with one attached hydrogen (secondary N) is 2. The number of anilines is 1. The predicted molar refractivity (Wildman–Crippen MR) is 102 cm³/mol. The molecule has 1 aromatic heterocycles. The molecule has 1 heterocycles. The molecule has 0 spiro atoms. The molecular formula is C19H23N3O3S. The number of rotatable bonds is 6. The first kappa shape index (κ1) is 18.4. The Hall–Kier alpha value is -2.41. The summed E-state index contributed by atoms with van der Waals surface area (Å²) in [6.45, 7) is 1.95. The summed E-state index contributed by atoms with van der Waals surface area (Å²) in [5.41, 5.74) is 1.80. The molecule has 138 valence electrons. The van der Waals surface area contributed by atoms with Crippen molar-refractivity contribution in [1.29, 1.82) is 0 Å². The molecule has 1 saturated carbocycles. The molecule has 0 bridgehead atoms. The average molecular weight is 373 g/mol. The van der Waals surface area contributed by atoms with Crippen LogP contribution in [0.4, 0.5) is 5.13 Å². The third-order valence-electron chi connectivity index (χ3n) is 4.56. The van der Waals surface area contributed by atoms with Crippen LogP contribution in [-0.2, 0) is 9.59 Å². The zero-order valence-electron chi connectivity index (χ0n) is 15.0. The molecule has 2 amide bonds. The number of hydrogen-bond acceptors (Lipinski definition) is 5. The Bertz CT molecular complexity index is 780. The van der Waals surface area contributed by atoms with Gasteiger partial charge in [-0.3, -0.25) is 9.59 Å². The highest BCUT2D eigenvalue weighted by Gasteiger charge is 2.23. The van der Waals surface area contributed by atoms with Crippen LogP contribution in [0.15, 0.2) is 24.3 Å². The Morgan fingerprint density at radius 2 is 1.92 bits per heavy atom. The van der Waals surface area contributed by atoms with Crippen LogP contribution in [0.5, 0.6) is 5.75 Å². The topological polar surface area (TPSA) is 80.3 Å². The van der Waals surface area contributed by atoms with Crippen LogP contribution in [0.2, 0.25) is 0 Å². The van der Waals surface area contributed by atoms with Crippen molar-refractivity contribution in [1.82, 2.24) is 10.3 Å². The Kier molecular flexibility index (Phi) is 5.88. The summed E-state index contributed by atoms with van der Waals surface area (Å²) in [6.07, 6.45) is 4.03. The van der Waals surface area contributed by atoms with E-state index in [2.05, 4.69) is 15.6 Å². The van der Waals surface area contributed by atoms with Crippen molar-refractivity contribution in [2.75, 3.05) is 19.0 Å². The van der Waals surface area contributed by atoms with Gasteiger partial charge in [0.05, 0.1) is 19.3 Å². The van der Waals surface area contributed by atoms with Crippen molar-refractivity contribution in [2.24, 2.45) is 5.92 Å². The minimum absolute atomic E-state index is 0.0214. The second-order valence-corrected chi connectivity index (χ2v) is 7.60. The van der Waals surface area contributed by atoms with Crippen LogP contribution in [0.25, 0.3) is 11.3 Å². The maximum absolute atomic E-state index is 12.1. The van der Waals surface area contributed by atoms with E-state index in [1.807, 2.05) is 31.2 Å². The van der Waals surface area contributed by atoms with Gasteiger partial charge in [-0.2, -0.15) is 0 Å². The first-order chi connectivity index (χ1) is 12.6. The lowest BCUT2D eigenvalue weighted by atomic mass is 10.1. The van der Waals surface area contributed by atoms with Gasteiger partial charge >= 0.3 is 0 Å². The summed E-state index contributed by atoms with van der Waals surface area (Å²) < 4.78 is 5.17. The van der Waals surface area contributed by atoms with E-state index in [1.165, 1.54) is 11.3 Å². The molecular weight excluding hydrogens is 350 g/mol. The van der Waals surface area contributed by atoms with Crippen molar-refractivity contribution in [3.8, 4) is 17.0 Å². The van der Waals surface area contributed by atoms with E-state index in [9.17, 15) is 9.59 Å². The molecule has 1 fully saturated rings. The maximum Gasteiger partial charge on any atom is 0.245 e. The zero-order chi connectivity index (χ0) is 18.5. The molecule has 6 nitrogen and oxygen atoms in total. The van der Waals surface area contributed by atoms with E-state index < -0.39 is 0 Å². The standard InChI is InChI=1S/C19H23N3O3S/c1-12-17(13-7-9-15(25-2)10-8-13)22-19(26-12)21-16(23)11-20-18(24)14-5-3-4-6-14/h7-10,14H,3-6,11H2,1-2H3,(H,20,24)(H,21,22,23). The Morgan fingerprint density at radius 3 is 2.58 bits per heavy atom. The van der Waals surface area contributed by atoms with E-state index in [1.54, 1.807) is 7.11 Å². The lowest BCUT2D eigenvalue weighted by molar-refractivity contribution is -0.127. The molecule has 0 atom stereocenters. The minimum atomic E-state index is -0.258. The summed E-state index contributed by atoms with van der Waals surface area (Å²) in [6, 6.07) is 7.64. The van der Waals surface area contributed by atoms with E-state index in [0.717, 1.165) is 47.6 Å².